The first-order valence-corrected chi connectivity index (χ1v) is 4.89. The number of hydrogen-bond donors (Lipinski definition) is 0. The van der Waals surface area contributed by atoms with Crippen molar-refractivity contribution in [2.24, 2.45) is 0 Å². The molecule has 2 heteroatoms. The van der Waals surface area contributed by atoms with Crippen LogP contribution in [-0.2, 0) is 0 Å². The summed E-state index contributed by atoms with van der Waals surface area (Å²) in [4.78, 5) is 0. The summed E-state index contributed by atoms with van der Waals surface area (Å²) in [5.74, 6) is 0. The summed E-state index contributed by atoms with van der Waals surface area (Å²) < 4.78 is 0. The topological polar surface area (TPSA) is 6.48 Å². The van der Waals surface area contributed by atoms with Crippen molar-refractivity contribution in [3.63, 3.8) is 0 Å². The number of rotatable bonds is 1. The number of likely N-dealkylation sites (N-methyl/N-ethyl adjacent to an activating group) is 1. The first-order valence-electron chi connectivity index (χ1n) is 4.89. The molecule has 1 aliphatic rings. The van der Waals surface area contributed by atoms with Gasteiger partial charge in [-0.05, 0) is 24.1 Å². The van der Waals surface area contributed by atoms with Gasteiger partial charge < -0.3 is 5.01 Å². The molecule has 1 atom stereocenters. The predicted octanol–water partition coefficient (Wildman–Crippen LogP) is 2.34. The molecule has 0 aromatic heterocycles. The van der Waals surface area contributed by atoms with Crippen molar-refractivity contribution in [3.8, 4) is 0 Å². The monoisotopic (exact) mass is 188 g/mol. The molecule has 0 spiro atoms. The zero-order chi connectivity index (χ0) is 10.1. The molecule has 14 heavy (non-hydrogen) atoms. The molecule has 1 unspecified atom stereocenters. The quantitative estimate of drug-likeness (QED) is 0.667. The van der Waals surface area contributed by atoms with Crippen LogP contribution < -0.4 is 0 Å². The molecule has 1 aliphatic heterocycles. The Balaban J connectivity index is 2.33. The van der Waals surface area contributed by atoms with Crippen LogP contribution in [0.4, 0.5) is 0 Å². The zero-order valence-electron chi connectivity index (χ0n) is 8.94. The molecule has 1 aromatic carbocycles. The highest BCUT2D eigenvalue weighted by Crippen LogP contribution is 2.28. The summed E-state index contributed by atoms with van der Waals surface area (Å²) in [6, 6.07) is 8.93. The van der Waals surface area contributed by atoms with Gasteiger partial charge in [0.1, 0.15) is 0 Å². The Labute approximate surface area is 85.4 Å². The highest BCUT2D eigenvalue weighted by atomic mass is 15.6. The Morgan fingerprint density at radius 1 is 1.14 bits per heavy atom. The lowest BCUT2D eigenvalue weighted by atomic mass is 10.0. The van der Waals surface area contributed by atoms with Gasteiger partial charge in [-0.15, -0.1) is 0 Å². The predicted molar refractivity (Wildman–Crippen MR) is 58.6 cm³/mol. The fourth-order valence-corrected chi connectivity index (χ4v) is 1.86. The van der Waals surface area contributed by atoms with Crippen molar-refractivity contribution < 1.29 is 0 Å². The van der Waals surface area contributed by atoms with Crippen molar-refractivity contribution in [1.29, 1.82) is 0 Å². The third-order valence-corrected chi connectivity index (χ3v) is 2.89. The lowest BCUT2D eigenvalue weighted by molar-refractivity contribution is 0.0734. The van der Waals surface area contributed by atoms with Gasteiger partial charge in [0, 0.05) is 20.3 Å². The lowest BCUT2D eigenvalue weighted by Crippen LogP contribution is -2.30. The Bertz CT molecular complexity index is 357. The molecule has 0 saturated heterocycles. The van der Waals surface area contributed by atoms with E-state index in [4.69, 9.17) is 0 Å². The van der Waals surface area contributed by atoms with Crippen LogP contribution in [0.3, 0.4) is 0 Å². The molecule has 1 heterocycles. The van der Waals surface area contributed by atoms with Crippen molar-refractivity contribution in [2.75, 3.05) is 14.1 Å². The van der Waals surface area contributed by atoms with E-state index in [1.165, 1.54) is 11.1 Å². The molecular weight excluding hydrogens is 172 g/mol. The highest BCUT2D eigenvalue weighted by Gasteiger charge is 2.22. The normalized spacial score (nSPS) is 21.9. The Hall–Kier alpha value is -1.28. The van der Waals surface area contributed by atoms with Crippen LogP contribution in [0.2, 0.25) is 0 Å². The minimum absolute atomic E-state index is 0.390. The standard InChI is InChI=1S/C12H16N2/c1-10-6-4-5-7-11(10)12-8-9-13(2)14(12)3/h4-9,12H,1-3H3. The second-order valence-electron chi connectivity index (χ2n) is 3.79. The Morgan fingerprint density at radius 3 is 2.43 bits per heavy atom. The summed E-state index contributed by atoms with van der Waals surface area (Å²) >= 11 is 0. The molecule has 0 aliphatic carbocycles. The fourth-order valence-electron chi connectivity index (χ4n) is 1.86. The summed E-state index contributed by atoms with van der Waals surface area (Å²) in [7, 11) is 4.17. The van der Waals surface area contributed by atoms with E-state index in [1.807, 2.05) is 0 Å². The summed E-state index contributed by atoms with van der Waals surface area (Å²) in [6.45, 7) is 2.16. The van der Waals surface area contributed by atoms with E-state index in [1.54, 1.807) is 0 Å². The van der Waals surface area contributed by atoms with E-state index < -0.39 is 0 Å². The molecule has 2 rings (SSSR count). The number of aryl methyl sites for hydroxylation is 1. The minimum Gasteiger partial charge on any atom is -0.316 e. The molecule has 1 aromatic rings. The van der Waals surface area contributed by atoms with Gasteiger partial charge >= 0.3 is 0 Å². The first-order chi connectivity index (χ1) is 6.70. The molecule has 0 saturated carbocycles. The van der Waals surface area contributed by atoms with Crippen LogP contribution in [0.1, 0.15) is 17.2 Å². The van der Waals surface area contributed by atoms with Crippen molar-refractivity contribution in [3.05, 3.63) is 47.7 Å². The van der Waals surface area contributed by atoms with Crippen LogP contribution in [0.5, 0.6) is 0 Å². The maximum absolute atomic E-state index is 2.22. The number of hydrazine groups is 1. The average Bonchev–Trinajstić information content (AvgIpc) is 2.49. The molecule has 0 N–H and O–H groups in total. The molecule has 0 fully saturated rings. The molecular formula is C12H16N2. The van der Waals surface area contributed by atoms with Gasteiger partial charge in [-0.2, -0.15) is 0 Å². The van der Waals surface area contributed by atoms with Crippen LogP contribution in [0, 0.1) is 6.92 Å². The fraction of sp³-hybridized carbons (Fsp3) is 0.333. The zero-order valence-corrected chi connectivity index (χ0v) is 8.94. The van der Waals surface area contributed by atoms with Crippen molar-refractivity contribution in [2.45, 2.75) is 13.0 Å². The number of hydrogen-bond acceptors (Lipinski definition) is 2. The van der Waals surface area contributed by atoms with Gasteiger partial charge in [0.2, 0.25) is 0 Å². The second-order valence-corrected chi connectivity index (χ2v) is 3.79. The van der Waals surface area contributed by atoms with E-state index >= 15 is 0 Å². The molecule has 0 bridgehead atoms. The van der Waals surface area contributed by atoms with Crippen molar-refractivity contribution in [1.82, 2.24) is 10.0 Å². The van der Waals surface area contributed by atoms with Crippen molar-refractivity contribution >= 4 is 0 Å². The third-order valence-electron chi connectivity index (χ3n) is 2.89. The van der Waals surface area contributed by atoms with E-state index in [2.05, 4.69) is 67.6 Å². The van der Waals surface area contributed by atoms with Gasteiger partial charge in [0.15, 0.2) is 0 Å². The van der Waals surface area contributed by atoms with Crippen LogP contribution >= 0.6 is 0 Å². The number of benzene rings is 1. The van der Waals surface area contributed by atoms with Crippen LogP contribution in [0.15, 0.2) is 36.5 Å². The summed E-state index contributed by atoms with van der Waals surface area (Å²) in [5.41, 5.74) is 2.74. The third kappa shape index (κ3) is 1.42. The Morgan fingerprint density at radius 2 is 1.86 bits per heavy atom. The highest BCUT2D eigenvalue weighted by molar-refractivity contribution is 5.32. The van der Waals surface area contributed by atoms with Crippen LogP contribution in [0.25, 0.3) is 0 Å². The van der Waals surface area contributed by atoms with Gasteiger partial charge in [-0.25, -0.2) is 5.01 Å². The largest absolute Gasteiger partial charge is 0.316 e. The van der Waals surface area contributed by atoms with Gasteiger partial charge in [-0.3, -0.25) is 0 Å². The smallest absolute Gasteiger partial charge is 0.0740 e. The maximum atomic E-state index is 2.22. The number of nitrogens with zero attached hydrogens (tertiary/aromatic N) is 2. The minimum atomic E-state index is 0.390. The molecule has 0 amide bonds. The summed E-state index contributed by atoms with van der Waals surface area (Å²) in [6.07, 6.45) is 4.33. The Kier molecular flexibility index (Phi) is 2.30. The molecule has 2 nitrogen and oxygen atoms in total. The van der Waals surface area contributed by atoms with Gasteiger partial charge in [0.05, 0.1) is 6.04 Å². The lowest BCUT2D eigenvalue weighted by Gasteiger charge is -2.27. The summed E-state index contributed by atoms with van der Waals surface area (Å²) in [5, 5.41) is 4.33. The maximum Gasteiger partial charge on any atom is 0.0740 e. The first kappa shape index (κ1) is 9.28. The van der Waals surface area contributed by atoms with Crippen LogP contribution in [-0.4, -0.2) is 24.1 Å². The van der Waals surface area contributed by atoms with E-state index in [9.17, 15) is 0 Å². The van der Waals surface area contributed by atoms with E-state index in [0.717, 1.165) is 0 Å². The van der Waals surface area contributed by atoms with E-state index in [0.29, 0.717) is 6.04 Å². The average molecular weight is 188 g/mol. The molecule has 0 radical (unpaired) electrons. The SMILES string of the molecule is Cc1ccccc1C1C=CN(C)N1C. The van der Waals surface area contributed by atoms with Gasteiger partial charge in [0.25, 0.3) is 0 Å². The van der Waals surface area contributed by atoms with Gasteiger partial charge in [-0.1, -0.05) is 24.3 Å². The van der Waals surface area contributed by atoms with E-state index in [-0.39, 0.29) is 0 Å². The second kappa shape index (κ2) is 3.46. The molecule has 74 valence electrons.